The quantitative estimate of drug-likeness (QED) is 0.792. The lowest BCUT2D eigenvalue weighted by Crippen LogP contribution is -2.32. The van der Waals surface area contributed by atoms with Gasteiger partial charge in [0.1, 0.15) is 0 Å². The fourth-order valence-electron chi connectivity index (χ4n) is 2.39. The summed E-state index contributed by atoms with van der Waals surface area (Å²) < 4.78 is 27.2. The Labute approximate surface area is 148 Å². The smallest absolute Gasteiger partial charge is 0.240 e. The van der Waals surface area contributed by atoms with Gasteiger partial charge in [-0.05, 0) is 50.1 Å². The van der Waals surface area contributed by atoms with Crippen molar-refractivity contribution in [3.8, 4) is 0 Å². The number of aryl methyl sites for hydroxylation is 2. The van der Waals surface area contributed by atoms with Crippen LogP contribution in [0, 0.1) is 13.8 Å². The Morgan fingerprint density at radius 3 is 2.64 bits per heavy atom. The number of carbonyl (C=O) groups excluding carboxylic acids is 1. The molecule has 6 nitrogen and oxygen atoms in total. The Morgan fingerprint density at radius 1 is 1.20 bits per heavy atom. The number of carbonyl (C=O) groups is 1. The molecule has 2 N–H and O–H groups in total. The summed E-state index contributed by atoms with van der Waals surface area (Å²) in [5, 5.41) is 2.81. The first-order valence-electron chi connectivity index (χ1n) is 8.07. The molecule has 2 rings (SSSR count). The van der Waals surface area contributed by atoms with E-state index in [0.717, 1.165) is 11.3 Å². The molecule has 1 aromatic heterocycles. The molecule has 0 aliphatic heterocycles. The highest BCUT2D eigenvalue weighted by Gasteiger charge is 2.17. The van der Waals surface area contributed by atoms with Gasteiger partial charge in [-0.15, -0.1) is 0 Å². The number of nitrogens with zero attached hydrogens (tertiary/aromatic N) is 1. The molecule has 2 aromatic rings. The third-order valence-electron chi connectivity index (χ3n) is 3.79. The molecule has 0 saturated heterocycles. The number of nitrogens with one attached hydrogen (secondary N) is 2. The van der Waals surface area contributed by atoms with Gasteiger partial charge >= 0.3 is 0 Å². The average molecular weight is 361 g/mol. The largest absolute Gasteiger partial charge is 0.348 e. The standard InChI is InChI=1S/C18H23N3O3S/c1-13-7-8-14(2)17(12-13)25(23,24)20-11-9-18(22)21-15(3)16-6-4-5-10-19-16/h4-8,10,12,15,20H,9,11H2,1-3H3,(H,21,22)/t15-/m1/s1. The van der Waals surface area contributed by atoms with Crippen molar-refractivity contribution in [2.45, 2.75) is 38.1 Å². The lowest BCUT2D eigenvalue weighted by atomic mass is 10.2. The van der Waals surface area contributed by atoms with E-state index in [1.165, 1.54) is 0 Å². The van der Waals surface area contributed by atoms with Crippen LogP contribution in [-0.2, 0) is 14.8 Å². The summed E-state index contributed by atoms with van der Waals surface area (Å²) in [5.41, 5.74) is 2.30. The number of hydrogen-bond acceptors (Lipinski definition) is 4. The van der Waals surface area contributed by atoms with Gasteiger partial charge in [0.2, 0.25) is 15.9 Å². The van der Waals surface area contributed by atoms with Crippen LogP contribution >= 0.6 is 0 Å². The van der Waals surface area contributed by atoms with Crippen LogP contribution in [0.4, 0.5) is 0 Å². The monoisotopic (exact) mass is 361 g/mol. The number of aromatic nitrogens is 1. The Balaban J connectivity index is 1.89. The van der Waals surface area contributed by atoms with Gasteiger partial charge in [0.05, 0.1) is 16.6 Å². The van der Waals surface area contributed by atoms with Gasteiger partial charge in [-0.25, -0.2) is 13.1 Å². The second kappa shape index (κ2) is 8.22. The topological polar surface area (TPSA) is 88.2 Å². The van der Waals surface area contributed by atoms with Gasteiger partial charge in [0, 0.05) is 19.2 Å². The third-order valence-corrected chi connectivity index (χ3v) is 5.39. The van der Waals surface area contributed by atoms with Crippen molar-refractivity contribution in [2.75, 3.05) is 6.54 Å². The number of amides is 1. The molecular weight excluding hydrogens is 338 g/mol. The maximum absolute atomic E-state index is 12.4. The molecule has 0 unspecified atom stereocenters. The Morgan fingerprint density at radius 2 is 1.96 bits per heavy atom. The lowest BCUT2D eigenvalue weighted by Gasteiger charge is -2.14. The van der Waals surface area contributed by atoms with Gasteiger partial charge in [0.25, 0.3) is 0 Å². The van der Waals surface area contributed by atoms with Crippen molar-refractivity contribution in [2.24, 2.45) is 0 Å². The summed E-state index contributed by atoms with van der Waals surface area (Å²) in [7, 11) is -3.63. The minimum Gasteiger partial charge on any atom is -0.348 e. The van der Waals surface area contributed by atoms with Crippen LogP contribution in [0.2, 0.25) is 0 Å². The molecule has 1 heterocycles. The fraction of sp³-hybridized carbons (Fsp3) is 0.333. The summed E-state index contributed by atoms with van der Waals surface area (Å²) >= 11 is 0. The molecule has 0 bridgehead atoms. The lowest BCUT2D eigenvalue weighted by molar-refractivity contribution is -0.121. The second-order valence-corrected chi connectivity index (χ2v) is 7.70. The molecule has 1 amide bonds. The molecule has 0 radical (unpaired) electrons. The van der Waals surface area contributed by atoms with Crippen LogP contribution in [0.3, 0.4) is 0 Å². The van der Waals surface area contributed by atoms with Crippen molar-refractivity contribution in [1.29, 1.82) is 0 Å². The molecule has 7 heteroatoms. The van der Waals surface area contributed by atoms with Crippen LogP contribution in [0.25, 0.3) is 0 Å². The average Bonchev–Trinajstić information content (AvgIpc) is 2.57. The highest BCUT2D eigenvalue weighted by atomic mass is 32.2. The van der Waals surface area contributed by atoms with Crippen LogP contribution in [0.15, 0.2) is 47.5 Å². The zero-order chi connectivity index (χ0) is 18.4. The molecule has 0 aliphatic carbocycles. The summed E-state index contributed by atoms with van der Waals surface area (Å²) in [4.78, 5) is 16.4. The minimum atomic E-state index is -3.63. The molecule has 1 aromatic carbocycles. The van der Waals surface area contributed by atoms with E-state index >= 15 is 0 Å². The zero-order valence-electron chi connectivity index (χ0n) is 14.6. The minimum absolute atomic E-state index is 0.0382. The van der Waals surface area contributed by atoms with Gasteiger partial charge in [-0.1, -0.05) is 18.2 Å². The van der Waals surface area contributed by atoms with Gasteiger partial charge in [-0.3, -0.25) is 9.78 Å². The SMILES string of the molecule is Cc1ccc(C)c(S(=O)(=O)NCCC(=O)N[C@H](C)c2ccccn2)c1. The van der Waals surface area contributed by atoms with E-state index in [2.05, 4.69) is 15.0 Å². The van der Waals surface area contributed by atoms with Crippen molar-refractivity contribution in [3.05, 3.63) is 59.4 Å². The first kappa shape index (κ1) is 19.1. The predicted octanol–water partition coefficient (Wildman–Crippen LogP) is 2.24. The third kappa shape index (κ3) is 5.37. The maximum atomic E-state index is 12.4. The van der Waals surface area contributed by atoms with E-state index in [4.69, 9.17) is 0 Å². The number of pyridine rings is 1. The molecular formula is C18H23N3O3S. The number of rotatable bonds is 7. The molecule has 0 fully saturated rings. The first-order valence-corrected chi connectivity index (χ1v) is 9.55. The molecule has 1 atom stereocenters. The number of benzene rings is 1. The maximum Gasteiger partial charge on any atom is 0.240 e. The highest BCUT2D eigenvalue weighted by molar-refractivity contribution is 7.89. The molecule has 25 heavy (non-hydrogen) atoms. The van der Waals surface area contributed by atoms with Crippen LogP contribution in [0.1, 0.15) is 36.2 Å². The van der Waals surface area contributed by atoms with E-state index < -0.39 is 10.0 Å². The second-order valence-electron chi connectivity index (χ2n) is 5.96. The number of hydrogen-bond donors (Lipinski definition) is 2. The normalized spacial score (nSPS) is 12.6. The molecule has 0 aliphatic rings. The molecule has 134 valence electrons. The van der Waals surface area contributed by atoms with E-state index in [-0.39, 0.29) is 29.8 Å². The summed E-state index contributed by atoms with van der Waals surface area (Å²) in [5.74, 6) is -0.234. The predicted molar refractivity (Wildman–Crippen MR) is 96.5 cm³/mol. The van der Waals surface area contributed by atoms with Crippen molar-refractivity contribution in [3.63, 3.8) is 0 Å². The zero-order valence-corrected chi connectivity index (χ0v) is 15.4. The van der Waals surface area contributed by atoms with Gasteiger partial charge in [-0.2, -0.15) is 0 Å². The van der Waals surface area contributed by atoms with E-state index in [9.17, 15) is 13.2 Å². The summed E-state index contributed by atoms with van der Waals surface area (Å²) in [6.45, 7) is 5.46. The Kier molecular flexibility index (Phi) is 6.27. The van der Waals surface area contributed by atoms with Crippen molar-refractivity contribution in [1.82, 2.24) is 15.0 Å². The molecule has 0 spiro atoms. The highest BCUT2D eigenvalue weighted by Crippen LogP contribution is 2.16. The van der Waals surface area contributed by atoms with Crippen molar-refractivity contribution >= 4 is 15.9 Å². The first-order chi connectivity index (χ1) is 11.8. The van der Waals surface area contributed by atoms with E-state index in [0.29, 0.717) is 5.56 Å². The van der Waals surface area contributed by atoms with Gasteiger partial charge in [0.15, 0.2) is 0 Å². The van der Waals surface area contributed by atoms with Crippen LogP contribution in [0.5, 0.6) is 0 Å². The van der Waals surface area contributed by atoms with Crippen LogP contribution in [-0.4, -0.2) is 25.9 Å². The Hall–Kier alpha value is -2.25. The van der Waals surface area contributed by atoms with Crippen molar-refractivity contribution < 1.29 is 13.2 Å². The summed E-state index contributed by atoms with van der Waals surface area (Å²) in [6, 6.07) is 10.5. The summed E-state index contributed by atoms with van der Waals surface area (Å²) in [6.07, 6.45) is 1.72. The Bertz CT molecular complexity index is 836. The number of sulfonamides is 1. The van der Waals surface area contributed by atoms with E-state index in [1.807, 2.05) is 32.0 Å². The van der Waals surface area contributed by atoms with E-state index in [1.54, 1.807) is 31.3 Å². The molecule has 0 saturated carbocycles. The van der Waals surface area contributed by atoms with Crippen LogP contribution < -0.4 is 10.0 Å². The van der Waals surface area contributed by atoms with Gasteiger partial charge < -0.3 is 5.32 Å². The fourth-order valence-corrected chi connectivity index (χ4v) is 3.75.